The molecule has 2 aromatic carbocycles. The molecule has 0 atom stereocenters. The first kappa shape index (κ1) is 27.1. The fourth-order valence-electron chi connectivity index (χ4n) is 4.18. The normalized spacial score (nSPS) is 13.8. The van der Waals surface area contributed by atoms with Gasteiger partial charge in [0.05, 0.1) is 43.9 Å². The lowest BCUT2D eigenvalue weighted by Crippen LogP contribution is -2.46. The van der Waals surface area contributed by atoms with Gasteiger partial charge < -0.3 is 34.1 Å². The molecule has 0 saturated carbocycles. The maximum Gasteiger partial charge on any atom is 0.337 e. The van der Waals surface area contributed by atoms with Crippen LogP contribution in [0.15, 0.2) is 30.3 Å². The number of nitrogens with zero attached hydrogens (tertiary/aromatic N) is 2. The van der Waals surface area contributed by atoms with E-state index >= 15 is 0 Å². The monoisotopic (exact) mass is 499 g/mol. The summed E-state index contributed by atoms with van der Waals surface area (Å²) in [4.78, 5) is 30.3. The minimum absolute atomic E-state index is 0.351. The fourth-order valence-corrected chi connectivity index (χ4v) is 4.18. The molecule has 0 radical (unpaired) electrons. The zero-order valence-electron chi connectivity index (χ0n) is 21.9. The number of carbonyl (C=O) groups excluding carboxylic acids is 2. The van der Waals surface area contributed by atoms with Crippen LogP contribution in [0, 0.1) is 0 Å². The van der Waals surface area contributed by atoms with Crippen LogP contribution in [0.25, 0.3) is 0 Å². The van der Waals surface area contributed by atoms with Gasteiger partial charge in [0, 0.05) is 31.7 Å². The van der Waals surface area contributed by atoms with Crippen LogP contribution in [0.4, 0.5) is 11.4 Å². The Balaban J connectivity index is 1.97. The van der Waals surface area contributed by atoms with Gasteiger partial charge in [0.1, 0.15) is 0 Å². The van der Waals surface area contributed by atoms with E-state index in [0.29, 0.717) is 53.9 Å². The Hall–Kier alpha value is -3.46. The van der Waals surface area contributed by atoms with Crippen LogP contribution in [0.2, 0.25) is 0 Å². The van der Waals surface area contributed by atoms with Crippen molar-refractivity contribution >= 4 is 23.3 Å². The van der Waals surface area contributed by atoms with Crippen molar-refractivity contribution in [3.05, 3.63) is 41.5 Å². The van der Waals surface area contributed by atoms with E-state index in [2.05, 4.69) is 22.0 Å². The van der Waals surface area contributed by atoms with Gasteiger partial charge in [-0.2, -0.15) is 0 Å². The Bertz CT molecular complexity index is 1020. The number of rotatable bonds is 11. The molecule has 36 heavy (non-hydrogen) atoms. The van der Waals surface area contributed by atoms with Crippen molar-refractivity contribution in [3.8, 4) is 17.2 Å². The molecule has 196 valence electrons. The molecule has 0 bridgehead atoms. The highest BCUT2D eigenvalue weighted by atomic mass is 16.5. The van der Waals surface area contributed by atoms with Crippen molar-refractivity contribution in [2.24, 2.45) is 0 Å². The Labute approximate surface area is 213 Å². The van der Waals surface area contributed by atoms with Gasteiger partial charge in [0.15, 0.2) is 11.5 Å². The molecule has 1 fully saturated rings. The Morgan fingerprint density at radius 3 is 1.97 bits per heavy atom. The summed E-state index contributed by atoms with van der Waals surface area (Å²) in [5, 5.41) is 3.00. The van der Waals surface area contributed by atoms with Crippen LogP contribution < -0.4 is 24.4 Å². The lowest BCUT2D eigenvalue weighted by Gasteiger charge is -2.36. The summed E-state index contributed by atoms with van der Waals surface area (Å²) < 4.78 is 22.2. The number of benzene rings is 2. The van der Waals surface area contributed by atoms with Gasteiger partial charge in [-0.25, -0.2) is 4.79 Å². The highest BCUT2D eigenvalue weighted by Crippen LogP contribution is 2.39. The zero-order chi connectivity index (χ0) is 26.1. The summed E-state index contributed by atoms with van der Waals surface area (Å²) in [6.45, 7) is 13.5. The van der Waals surface area contributed by atoms with Crippen molar-refractivity contribution in [2.75, 3.05) is 69.9 Å². The maximum atomic E-state index is 13.5. The van der Waals surface area contributed by atoms with Crippen molar-refractivity contribution < 1.29 is 28.5 Å². The van der Waals surface area contributed by atoms with Crippen LogP contribution in [0.3, 0.4) is 0 Å². The summed E-state index contributed by atoms with van der Waals surface area (Å²) in [6.07, 6.45) is 0. The van der Waals surface area contributed by atoms with E-state index in [-0.39, 0.29) is 5.91 Å². The molecule has 1 saturated heterocycles. The molecule has 1 aliphatic rings. The minimum atomic E-state index is -0.466. The lowest BCUT2D eigenvalue weighted by molar-refractivity contribution is 0.0600. The van der Waals surface area contributed by atoms with Gasteiger partial charge in [0.25, 0.3) is 5.91 Å². The number of piperazine rings is 1. The smallest absolute Gasteiger partial charge is 0.337 e. The predicted octanol–water partition coefficient (Wildman–Crippen LogP) is 4.06. The third-order valence-electron chi connectivity index (χ3n) is 6.00. The lowest BCUT2D eigenvalue weighted by atomic mass is 10.1. The van der Waals surface area contributed by atoms with Crippen molar-refractivity contribution in [3.63, 3.8) is 0 Å². The number of anilines is 2. The first-order valence-corrected chi connectivity index (χ1v) is 12.5. The van der Waals surface area contributed by atoms with E-state index in [0.717, 1.165) is 38.4 Å². The number of esters is 1. The van der Waals surface area contributed by atoms with E-state index in [9.17, 15) is 9.59 Å². The minimum Gasteiger partial charge on any atom is -0.490 e. The van der Waals surface area contributed by atoms with Crippen LogP contribution in [-0.2, 0) is 4.74 Å². The Morgan fingerprint density at radius 1 is 0.833 bits per heavy atom. The Kier molecular flexibility index (Phi) is 9.81. The van der Waals surface area contributed by atoms with Gasteiger partial charge in [0.2, 0.25) is 5.75 Å². The molecule has 2 aromatic rings. The maximum absolute atomic E-state index is 13.5. The Morgan fingerprint density at radius 2 is 1.44 bits per heavy atom. The van der Waals surface area contributed by atoms with Crippen LogP contribution in [-0.4, -0.2) is 76.4 Å². The summed E-state index contributed by atoms with van der Waals surface area (Å²) in [6, 6.07) is 8.54. The average Bonchev–Trinajstić information content (AvgIpc) is 2.90. The van der Waals surface area contributed by atoms with Crippen molar-refractivity contribution in [1.29, 1.82) is 0 Å². The molecule has 9 nitrogen and oxygen atoms in total. The number of hydrogen-bond acceptors (Lipinski definition) is 8. The van der Waals surface area contributed by atoms with E-state index in [1.54, 1.807) is 24.3 Å². The summed E-state index contributed by atoms with van der Waals surface area (Å²) in [5.41, 5.74) is 2.11. The quantitative estimate of drug-likeness (QED) is 0.463. The van der Waals surface area contributed by atoms with E-state index in [4.69, 9.17) is 18.9 Å². The van der Waals surface area contributed by atoms with Gasteiger partial charge in [-0.05, 0) is 57.6 Å². The van der Waals surface area contributed by atoms with Crippen LogP contribution >= 0.6 is 0 Å². The zero-order valence-corrected chi connectivity index (χ0v) is 21.9. The molecule has 1 aliphatic heterocycles. The van der Waals surface area contributed by atoms with E-state index < -0.39 is 5.97 Å². The second-order valence-corrected chi connectivity index (χ2v) is 8.20. The number of likely N-dealkylation sites (N-methyl/N-ethyl adjacent to an activating group) is 1. The SMILES string of the molecule is CCOc1cc(C(=O)Nc2cc(C(=O)OC)ccc2N2CCN(CC)CC2)cc(OCC)c1OCC. The number of amides is 1. The number of hydrogen-bond donors (Lipinski definition) is 1. The molecule has 0 spiro atoms. The van der Waals surface area contributed by atoms with Gasteiger partial charge in [-0.3, -0.25) is 4.79 Å². The van der Waals surface area contributed by atoms with Gasteiger partial charge in [-0.1, -0.05) is 6.92 Å². The number of methoxy groups -OCH3 is 1. The third kappa shape index (κ3) is 6.40. The molecular weight excluding hydrogens is 462 g/mol. The van der Waals surface area contributed by atoms with Gasteiger partial charge >= 0.3 is 5.97 Å². The standard InChI is InChI=1S/C27H37N3O6/c1-6-29-12-14-30(15-13-29)22-11-10-19(27(32)33-5)16-21(22)28-26(31)20-17-23(34-7-2)25(36-9-4)24(18-20)35-8-3/h10-11,16-18H,6-9,12-15H2,1-5H3,(H,28,31). The van der Waals surface area contributed by atoms with E-state index in [1.165, 1.54) is 7.11 Å². The first-order valence-electron chi connectivity index (χ1n) is 12.5. The first-order chi connectivity index (χ1) is 17.4. The highest BCUT2D eigenvalue weighted by Gasteiger charge is 2.23. The average molecular weight is 500 g/mol. The molecule has 1 amide bonds. The second-order valence-electron chi connectivity index (χ2n) is 8.20. The molecule has 0 unspecified atom stereocenters. The topological polar surface area (TPSA) is 89.6 Å². The fraction of sp³-hybridized carbons (Fsp3) is 0.481. The van der Waals surface area contributed by atoms with Crippen LogP contribution in [0.5, 0.6) is 17.2 Å². The summed E-state index contributed by atoms with van der Waals surface area (Å²) >= 11 is 0. The highest BCUT2D eigenvalue weighted by molar-refractivity contribution is 6.07. The molecule has 1 heterocycles. The molecule has 0 aromatic heterocycles. The third-order valence-corrected chi connectivity index (χ3v) is 6.00. The molecule has 1 N–H and O–H groups in total. The molecule has 9 heteroatoms. The van der Waals surface area contributed by atoms with Crippen LogP contribution in [0.1, 0.15) is 48.4 Å². The van der Waals surface area contributed by atoms with Crippen molar-refractivity contribution in [1.82, 2.24) is 4.90 Å². The summed E-state index contributed by atoms with van der Waals surface area (Å²) in [7, 11) is 1.34. The number of ether oxygens (including phenoxy) is 4. The predicted molar refractivity (Wildman–Crippen MR) is 140 cm³/mol. The second kappa shape index (κ2) is 13.0. The number of nitrogens with one attached hydrogen (secondary N) is 1. The van der Waals surface area contributed by atoms with Gasteiger partial charge in [-0.15, -0.1) is 0 Å². The molecular formula is C27H37N3O6. The summed E-state index contributed by atoms with van der Waals surface area (Å²) in [5.74, 6) is 0.533. The van der Waals surface area contributed by atoms with E-state index in [1.807, 2.05) is 26.8 Å². The number of carbonyl (C=O) groups is 2. The van der Waals surface area contributed by atoms with Crippen molar-refractivity contribution in [2.45, 2.75) is 27.7 Å². The largest absolute Gasteiger partial charge is 0.490 e. The molecule has 0 aliphatic carbocycles. The molecule has 3 rings (SSSR count).